The van der Waals surface area contributed by atoms with Crippen LogP contribution in [0.2, 0.25) is 0 Å². The molecule has 0 aliphatic carbocycles. The van der Waals surface area contributed by atoms with Crippen LogP contribution in [0, 0.1) is 0 Å². The van der Waals surface area contributed by atoms with Gasteiger partial charge in [-0.1, -0.05) is 48.5 Å². The molecular weight excluding hydrogens is 256 g/mol. The first-order valence-corrected chi connectivity index (χ1v) is 7.94. The Kier molecular flexibility index (Phi) is 4.56. The van der Waals surface area contributed by atoms with Crippen molar-refractivity contribution in [2.75, 3.05) is 18.0 Å². The van der Waals surface area contributed by atoms with E-state index in [1.807, 2.05) is 0 Å². The first-order valence-electron chi connectivity index (χ1n) is 7.94. The zero-order valence-corrected chi connectivity index (χ0v) is 12.7. The van der Waals surface area contributed by atoms with Crippen LogP contribution in [0.5, 0.6) is 0 Å². The molecule has 1 fully saturated rings. The summed E-state index contributed by atoms with van der Waals surface area (Å²) in [5.41, 5.74) is 2.72. The van der Waals surface area contributed by atoms with E-state index in [0.29, 0.717) is 12.1 Å². The summed E-state index contributed by atoms with van der Waals surface area (Å²) in [5.74, 6) is 0. The van der Waals surface area contributed by atoms with Gasteiger partial charge in [0.25, 0.3) is 0 Å². The predicted molar refractivity (Wildman–Crippen MR) is 89.7 cm³/mol. The molecule has 2 heteroatoms. The van der Waals surface area contributed by atoms with Gasteiger partial charge in [0, 0.05) is 30.9 Å². The summed E-state index contributed by atoms with van der Waals surface area (Å²) in [6.45, 7) is 4.47. The van der Waals surface area contributed by atoms with Crippen molar-refractivity contribution < 1.29 is 0 Å². The number of para-hydroxylation sites is 1. The van der Waals surface area contributed by atoms with Crippen molar-refractivity contribution >= 4 is 5.69 Å². The van der Waals surface area contributed by atoms with Gasteiger partial charge in [0.1, 0.15) is 0 Å². The molecule has 1 aliphatic heterocycles. The fourth-order valence-corrected chi connectivity index (χ4v) is 3.18. The third-order valence-corrected chi connectivity index (χ3v) is 4.42. The lowest BCUT2D eigenvalue weighted by Gasteiger charge is -2.28. The second-order valence-corrected chi connectivity index (χ2v) is 5.87. The van der Waals surface area contributed by atoms with E-state index in [4.69, 9.17) is 0 Å². The van der Waals surface area contributed by atoms with Gasteiger partial charge in [-0.3, -0.25) is 0 Å². The zero-order chi connectivity index (χ0) is 14.5. The summed E-state index contributed by atoms with van der Waals surface area (Å²) >= 11 is 0. The number of anilines is 1. The molecule has 0 bridgehead atoms. The summed E-state index contributed by atoms with van der Waals surface area (Å²) in [6.07, 6.45) is 2.57. The molecule has 3 rings (SSSR count). The highest BCUT2D eigenvalue weighted by Gasteiger charge is 2.24. The molecule has 1 saturated heterocycles. The molecule has 0 radical (unpaired) electrons. The van der Waals surface area contributed by atoms with Gasteiger partial charge in [0.15, 0.2) is 0 Å². The van der Waals surface area contributed by atoms with Crippen LogP contribution in [0.25, 0.3) is 0 Å². The van der Waals surface area contributed by atoms with E-state index in [1.54, 1.807) is 0 Å². The predicted octanol–water partition coefficient (Wildman–Crippen LogP) is 4.01. The minimum absolute atomic E-state index is 0.407. The summed E-state index contributed by atoms with van der Waals surface area (Å²) in [4.78, 5) is 2.55. The van der Waals surface area contributed by atoms with Crippen LogP contribution in [0.1, 0.15) is 31.4 Å². The fraction of sp³-hybridized carbons (Fsp3) is 0.368. The number of nitrogens with zero attached hydrogens (tertiary/aromatic N) is 1. The van der Waals surface area contributed by atoms with Gasteiger partial charge < -0.3 is 10.2 Å². The standard InChI is InChI=1S/C19H24N2/c1-16(17-9-4-2-5-10-17)20-15-19-13-8-14-21(19)18-11-6-3-7-12-18/h2-7,9-12,16,19-20H,8,13-15H2,1H3. The molecule has 2 nitrogen and oxygen atoms in total. The Balaban J connectivity index is 1.60. The first-order chi connectivity index (χ1) is 10.3. The smallest absolute Gasteiger partial charge is 0.0415 e. The number of rotatable bonds is 5. The van der Waals surface area contributed by atoms with Gasteiger partial charge in [0.2, 0.25) is 0 Å². The first kappa shape index (κ1) is 14.2. The van der Waals surface area contributed by atoms with Gasteiger partial charge in [0.05, 0.1) is 0 Å². The van der Waals surface area contributed by atoms with E-state index in [0.717, 1.165) is 6.54 Å². The molecule has 0 spiro atoms. The van der Waals surface area contributed by atoms with E-state index in [1.165, 1.54) is 30.6 Å². The Morgan fingerprint density at radius 3 is 2.43 bits per heavy atom. The van der Waals surface area contributed by atoms with Crippen LogP contribution in [0.3, 0.4) is 0 Å². The van der Waals surface area contributed by atoms with Crippen molar-refractivity contribution in [2.24, 2.45) is 0 Å². The van der Waals surface area contributed by atoms with Crippen molar-refractivity contribution in [3.63, 3.8) is 0 Å². The van der Waals surface area contributed by atoms with Crippen LogP contribution < -0.4 is 10.2 Å². The van der Waals surface area contributed by atoms with Gasteiger partial charge >= 0.3 is 0 Å². The highest BCUT2D eigenvalue weighted by Crippen LogP contribution is 2.25. The quantitative estimate of drug-likeness (QED) is 0.890. The molecule has 21 heavy (non-hydrogen) atoms. The molecule has 2 unspecified atom stereocenters. The lowest BCUT2D eigenvalue weighted by Crippen LogP contribution is -2.38. The van der Waals surface area contributed by atoms with Gasteiger partial charge in [-0.15, -0.1) is 0 Å². The molecule has 2 aromatic carbocycles. The minimum atomic E-state index is 0.407. The minimum Gasteiger partial charge on any atom is -0.367 e. The molecule has 0 amide bonds. The second-order valence-electron chi connectivity index (χ2n) is 5.87. The Morgan fingerprint density at radius 1 is 1.05 bits per heavy atom. The monoisotopic (exact) mass is 280 g/mol. The third-order valence-electron chi connectivity index (χ3n) is 4.42. The molecular formula is C19H24N2. The molecule has 1 N–H and O–H groups in total. The zero-order valence-electron chi connectivity index (χ0n) is 12.7. The van der Waals surface area contributed by atoms with Crippen LogP contribution in [-0.4, -0.2) is 19.1 Å². The van der Waals surface area contributed by atoms with Gasteiger partial charge in [-0.05, 0) is 37.5 Å². The van der Waals surface area contributed by atoms with Gasteiger partial charge in [-0.25, -0.2) is 0 Å². The fourth-order valence-electron chi connectivity index (χ4n) is 3.18. The van der Waals surface area contributed by atoms with Crippen LogP contribution in [-0.2, 0) is 0 Å². The lowest BCUT2D eigenvalue weighted by atomic mass is 10.1. The third kappa shape index (κ3) is 3.45. The molecule has 2 aromatic rings. The Morgan fingerprint density at radius 2 is 1.71 bits per heavy atom. The lowest BCUT2D eigenvalue weighted by molar-refractivity contribution is 0.514. The molecule has 1 aliphatic rings. The summed E-state index contributed by atoms with van der Waals surface area (Å²) in [6, 6.07) is 22.5. The summed E-state index contributed by atoms with van der Waals surface area (Å²) in [7, 11) is 0. The molecule has 0 aromatic heterocycles. The number of nitrogens with one attached hydrogen (secondary N) is 1. The highest BCUT2D eigenvalue weighted by atomic mass is 15.2. The maximum atomic E-state index is 3.70. The van der Waals surface area contributed by atoms with E-state index in [2.05, 4.69) is 77.8 Å². The van der Waals surface area contributed by atoms with Crippen molar-refractivity contribution in [2.45, 2.75) is 31.8 Å². The largest absolute Gasteiger partial charge is 0.367 e. The highest BCUT2D eigenvalue weighted by molar-refractivity contribution is 5.48. The molecule has 0 saturated carbocycles. The van der Waals surface area contributed by atoms with Crippen LogP contribution >= 0.6 is 0 Å². The molecule has 2 atom stereocenters. The Hall–Kier alpha value is -1.80. The SMILES string of the molecule is CC(NCC1CCCN1c1ccccc1)c1ccccc1. The topological polar surface area (TPSA) is 15.3 Å². The Bertz CT molecular complexity index is 538. The summed E-state index contributed by atoms with van der Waals surface area (Å²) < 4.78 is 0. The van der Waals surface area contributed by atoms with Gasteiger partial charge in [-0.2, -0.15) is 0 Å². The van der Waals surface area contributed by atoms with Crippen molar-refractivity contribution in [1.29, 1.82) is 0 Å². The number of hydrogen-bond donors (Lipinski definition) is 1. The average Bonchev–Trinajstić information content (AvgIpc) is 3.03. The maximum absolute atomic E-state index is 3.70. The number of benzene rings is 2. The molecule has 110 valence electrons. The number of hydrogen-bond acceptors (Lipinski definition) is 2. The van der Waals surface area contributed by atoms with Crippen LogP contribution in [0.4, 0.5) is 5.69 Å². The van der Waals surface area contributed by atoms with E-state index in [9.17, 15) is 0 Å². The van der Waals surface area contributed by atoms with E-state index in [-0.39, 0.29) is 0 Å². The van der Waals surface area contributed by atoms with Crippen molar-refractivity contribution in [3.8, 4) is 0 Å². The molecule has 1 heterocycles. The van der Waals surface area contributed by atoms with Crippen LogP contribution in [0.15, 0.2) is 60.7 Å². The van der Waals surface area contributed by atoms with Crippen molar-refractivity contribution in [1.82, 2.24) is 5.32 Å². The maximum Gasteiger partial charge on any atom is 0.0415 e. The summed E-state index contributed by atoms with van der Waals surface area (Å²) in [5, 5.41) is 3.70. The van der Waals surface area contributed by atoms with E-state index < -0.39 is 0 Å². The Labute approximate surface area is 127 Å². The average molecular weight is 280 g/mol. The van der Waals surface area contributed by atoms with E-state index >= 15 is 0 Å². The normalized spacial score (nSPS) is 19.7. The second kappa shape index (κ2) is 6.77. The van der Waals surface area contributed by atoms with Crippen molar-refractivity contribution in [3.05, 3.63) is 66.2 Å².